The molecular formula is C30H41N3O4. The van der Waals surface area contributed by atoms with E-state index < -0.39 is 29.6 Å². The fourth-order valence-electron chi connectivity index (χ4n) is 6.85. The topological polar surface area (TPSA) is 87.7 Å². The van der Waals surface area contributed by atoms with Crippen LogP contribution in [0.4, 0.5) is 5.69 Å². The summed E-state index contributed by atoms with van der Waals surface area (Å²) in [6.45, 7) is 10.4. The second kappa shape index (κ2) is 9.90. The Kier molecular flexibility index (Phi) is 6.94. The van der Waals surface area contributed by atoms with Crippen molar-refractivity contribution < 1.29 is 19.1 Å². The average molecular weight is 508 g/mol. The second-order valence-corrected chi connectivity index (χ2v) is 11.8. The van der Waals surface area contributed by atoms with Crippen LogP contribution in [0.15, 0.2) is 36.4 Å². The van der Waals surface area contributed by atoms with Crippen molar-refractivity contribution in [1.29, 1.82) is 0 Å². The Morgan fingerprint density at radius 3 is 2.46 bits per heavy atom. The second-order valence-electron chi connectivity index (χ2n) is 11.8. The van der Waals surface area contributed by atoms with Gasteiger partial charge < -0.3 is 20.3 Å². The Labute approximate surface area is 220 Å². The van der Waals surface area contributed by atoms with Gasteiger partial charge in [0.05, 0.1) is 17.9 Å². The lowest BCUT2D eigenvalue weighted by Crippen LogP contribution is -2.58. The van der Waals surface area contributed by atoms with Gasteiger partial charge in [0.2, 0.25) is 17.7 Å². The van der Waals surface area contributed by atoms with Crippen LogP contribution in [-0.4, -0.2) is 52.5 Å². The summed E-state index contributed by atoms with van der Waals surface area (Å²) in [5, 5.41) is 6.30. The first kappa shape index (κ1) is 26.0. The van der Waals surface area contributed by atoms with Crippen LogP contribution in [-0.2, 0) is 19.1 Å². The van der Waals surface area contributed by atoms with E-state index in [-0.39, 0.29) is 29.8 Å². The Morgan fingerprint density at radius 2 is 1.81 bits per heavy atom. The predicted molar refractivity (Wildman–Crippen MR) is 143 cm³/mol. The molecule has 3 heterocycles. The largest absolute Gasteiger partial charge is 0.359 e. The summed E-state index contributed by atoms with van der Waals surface area (Å²) < 4.78 is 6.46. The molecule has 1 aliphatic carbocycles. The summed E-state index contributed by atoms with van der Waals surface area (Å²) in [6, 6.07) is 7.00. The molecule has 200 valence electrons. The van der Waals surface area contributed by atoms with Gasteiger partial charge in [-0.1, -0.05) is 64.8 Å². The molecule has 3 aliphatic heterocycles. The lowest BCUT2D eigenvalue weighted by Gasteiger charge is -2.37. The van der Waals surface area contributed by atoms with Crippen LogP contribution < -0.4 is 10.6 Å². The van der Waals surface area contributed by atoms with E-state index >= 15 is 0 Å². The standard InChI is InChI=1S/C30H41N3O4/c1-6-19(5)33-26(28(35)32-22-10-8-7-9-18(22)4)30-16-15-23(37-30)24(25(30)29(33)36)27(34)31-21-13-11-20(12-14-21)17(2)3/h11-19,22-26H,6-10H2,1-5H3,(H,31,34)(H,32,35)/t18?,19?,22?,23-,24?,25-,26?,30?/m0/s1. The first-order chi connectivity index (χ1) is 17.7. The number of likely N-dealkylation sites (tertiary alicyclic amines) is 1. The van der Waals surface area contributed by atoms with Gasteiger partial charge in [-0.05, 0) is 55.7 Å². The van der Waals surface area contributed by atoms with Gasteiger partial charge in [-0.25, -0.2) is 0 Å². The van der Waals surface area contributed by atoms with Crippen LogP contribution >= 0.6 is 0 Å². The van der Waals surface area contributed by atoms with Crippen LogP contribution in [0.25, 0.3) is 0 Å². The van der Waals surface area contributed by atoms with Gasteiger partial charge in [0.25, 0.3) is 0 Å². The summed E-state index contributed by atoms with van der Waals surface area (Å²) in [5.41, 5.74) is 0.774. The molecule has 8 atom stereocenters. The monoisotopic (exact) mass is 507 g/mol. The minimum Gasteiger partial charge on any atom is -0.359 e. The van der Waals surface area contributed by atoms with Crippen molar-refractivity contribution in [3.05, 3.63) is 42.0 Å². The highest BCUT2D eigenvalue weighted by atomic mass is 16.5. The molecule has 1 aromatic carbocycles. The van der Waals surface area contributed by atoms with Crippen molar-refractivity contribution in [3.63, 3.8) is 0 Å². The molecule has 3 fully saturated rings. The number of hydrogen-bond acceptors (Lipinski definition) is 4. The number of carbonyl (C=O) groups excluding carboxylic acids is 3. The highest BCUT2D eigenvalue weighted by Gasteiger charge is 2.73. The lowest BCUT2D eigenvalue weighted by atomic mass is 9.74. The van der Waals surface area contributed by atoms with Crippen LogP contribution in [0.3, 0.4) is 0 Å². The zero-order valence-electron chi connectivity index (χ0n) is 22.7. The summed E-state index contributed by atoms with van der Waals surface area (Å²) in [7, 11) is 0. The molecule has 4 aliphatic rings. The molecule has 7 heteroatoms. The molecule has 2 saturated heterocycles. The fourth-order valence-corrected chi connectivity index (χ4v) is 6.85. The van der Waals surface area contributed by atoms with Gasteiger partial charge >= 0.3 is 0 Å². The van der Waals surface area contributed by atoms with Crippen LogP contribution in [0.1, 0.15) is 78.2 Å². The number of rotatable bonds is 7. The summed E-state index contributed by atoms with van der Waals surface area (Å²) >= 11 is 0. The van der Waals surface area contributed by atoms with Crippen molar-refractivity contribution >= 4 is 23.4 Å². The SMILES string of the molecule is CCC(C)N1C(=O)[C@@H]2C(C(=O)Nc3ccc(C(C)C)cc3)[C@@H]3C=CC2(O3)C1C(=O)NC1CCCCC1C. The minimum absolute atomic E-state index is 0.0982. The van der Waals surface area contributed by atoms with Gasteiger partial charge in [0, 0.05) is 17.8 Å². The van der Waals surface area contributed by atoms with E-state index in [9.17, 15) is 14.4 Å². The highest BCUT2D eigenvalue weighted by Crippen LogP contribution is 2.55. The quantitative estimate of drug-likeness (QED) is 0.536. The Bertz CT molecular complexity index is 1080. The molecule has 1 spiro atoms. The van der Waals surface area contributed by atoms with Crippen molar-refractivity contribution in [3.8, 4) is 0 Å². The van der Waals surface area contributed by atoms with Gasteiger partial charge in [-0.15, -0.1) is 0 Å². The van der Waals surface area contributed by atoms with Crippen molar-refractivity contribution in [1.82, 2.24) is 10.2 Å². The zero-order chi connectivity index (χ0) is 26.5. The van der Waals surface area contributed by atoms with E-state index in [0.29, 0.717) is 23.9 Å². The smallest absolute Gasteiger partial charge is 0.246 e. The van der Waals surface area contributed by atoms with Gasteiger partial charge in [0.15, 0.2) is 0 Å². The van der Waals surface area contributed by atoms with E-state index in [1.807, 2.05) is 50.3 Å². The Balaban J connectivity index is 1.42. The fraction of sp³-hybridized carbons (Fsp3) is 0.633. The number of fused-ring (bicyclic) bond motifs is 1. The lowest BCUT2D eigenvalue weighted by molar-refractivity contribution is -0.143. The molecule has 5 rings (SSSR count). The molecule has 0 radical (unpaired) electrons. The van der Waals surface area contributed by atoms with Crippen molar-refractivity contribution in [2.24, 2.45) is 17.8 Å². The van der Waals surface area contributed by atoms with E-state index in [4.69, 9.17) is 4.74 Å². The maximum atomic E-state index is 14.0. The Hall–Kier alpha value is -2.67. The summed E-state index contributed by atoms with van der Waals surface area (Å²) in [5.74, 6) is -1.16. The third kappa shape index (κ3) is 4.29. The highest BCUT2D eigenvalue weighted by molar-refractivity contribution is 6.03. The zero-order valence-corrected chi connectivity index (χ0v) is 22.7. The number of benzene rings is 1. The first-order valence-corrected chi connectivity index (χ1v) is 14.1. The van der Waals surface area contributed by atoms with Gasteiger partial charge in [-0.2, -0.15) is 0 Å². The molecule has 37 heavy (non-hydrogen) atoms. The molecule has 2 bridgehead atoms. The summed E-state index contributed by atoms with van der Waals surface area (Å²) in [4.78, 5) is 43.2. The van der Waals surface area contributed by atoms with Crippen LogP contribution in [0, 0.1) is 17.8 Å². The molecule has 3 amide bonds. The molecule has 1 aromatic rings. The normalized spacial score (nSPS) is 35.1. The van der Waals surface area contributed by atoms with Crippen LogP contribution in [0.5, 0.6) is 0 Å². The maximum Gasteiger partial charge on any atom is 0.246 e. The molecule has 2 N–H and O–H groups in total. The predicted octanol–water partition coefficient (Wildman–Crippen LogP) is 4.39. The van der Waals surface area contributed by atoms with Gasteiger partial charge in [0.1, 0.15) is 11.6 Å². The first-order valence-electron chi connectivity index (χ1n) is 14.1. The molecule has 1 saturated carbocycles. The summed E-state index contributed by atoms with van der Waals surface area (Å²) in [6.07, 6.45) is 8.28. The molecule has 7 nitrogen and oxygen atoms in total. The molecule has 0 aromatic heterocycles. The van der Waals surface area contributed by atoms with E-state index in [2.05, 4.69) is 31.4 Å². The number of amides is 3. The number of anilines is 1. The third-order valence-electron chi connectivity index (χ3n) is 9.21. The van der Waals surface area contributed by atoms with Crippen molar-refractivity contribution in [2.75, 3.05) is 5.32 Å². The Morgan fingerprint density at radius 1 is 1.11 bits per heavy atom. The van der Waals surface area contributed by atoms with E-state index in [1.54, 1.807) is 4.90 Å². The number of ether oxygens (including phenoxy) is 1. The van der Waals surface area contributed by atoms with Gasteiger partial charge in [-0.3, -0.25) is 14.4 Å². The molecular weight excluding hydrogens is 466 g/mol. The third-order valence-corrected chi connectivity index (χ3v) is 9.21. The number of hydrogen-bond donors (Lipinski definition) is 2. The van der Waals surface area contributed by atoms with Crippen molar-refractivity contribution in [2.45, 2.75) is 102 Å². The van der Waals surface area contributed by atoms with E-state index in [0.717, 1.165) is 19.3 Å². The number of nitrogens with zero attached hydrogens (tertiary/aromatic N) is 1. The van der Waals surface area contributed by atoms with Crippen LogP contribution in [0.2, 0.25) is 0 Å². The maximum absolute atomic E-state index is 14.0. The number of nitrogens with one attached hydrogen (secondary N) is 2. The number of carbonyl (C=O) groups is 3. The van der Waals surface area contributed by atoms with E-state index in [1.165, 1.54) is 12.0 Å². The molecule has 6 unspecified atom stereocenters. The minimum atomic E-state index is -1.11. The average Bonchev–Trinajstić information content (AvgIpc) is 3.52.